The van der Waals surface area contributed by atoms with E-state index in [-0.39, 0.29) is 5.56 Å². The zero-order valence-corrected chi connectivity index (χ0v) is 6.84. The third kappa shape index (κ3) is 1.49. The first-order valence-electron chi connectivity index (χ1n) is 3.89. The highest BCUT2D eigenvalue weighted by Crippen LogP contribution is 2.00. The van der Waals surface area contributed by atoms with E-state index >= 15 is 0 Å². The number of rotatable bonds is 1. The van der Waals surface area contributed by atoms with Gasteiger partial charge in [-0.1, -0.05) is 18.2 Å². The summed E-state index contributed by atoms with van der Waals surface area (Å²) >= 11 is 0. The minimum absolute atomic E-state index is 0.242. The molecule has 1 aromatic carbocycles. The molecule has 0 aliphatic carbocycles. The van der Waals surface area contributed by atoms with Gasteiger partial charge in [0, 0.05) is 6.20 Å². The highest BCUT2D eigenvalue weighted by Gasteiger charge is 1.96. The van der Waals surface area contributed by atoms with Crippen molar-refractivity contribution >= 4 is 0 Å². The van der Waals surface area contributed by atoms with Crippen molar-refractivity contribution in [3.63, 3.8) is 0 Å². The van der Waals surface area contributed by atoms with Crippen LogP contribution in [0.5, 0.6) is 0 Å². The quantitative estimate of drug-likeness (QED) is 0.642. The first-order valence-corrected chi connectivity index (χ1v) is 3.89. The standard InChI is InChI=1S/C10H7N2O/c13-10-7-4-8-11-12(10)9-5-2-1-3-6-9/h1-6,8H. The molecule has 1 radical (unpaired) electrons. The van der Waals surface area contributed by atoms with Gasteiger partial charge < -0.3 is 0 Å². The lowest BCUT2D eigenvalue weighted by molar-refractivity contribution is 0.805. The Morgan fingerprint density at radius 3 is 2.69 bits per heavy atom. The zero-order chi connectivity index (χ0) is 9.10. The molecule has 0 saturated heterocycles. The van der Waals surface area contributed by atoms with Crippen molar-refractivity contribution in [3.8, 4) is 5.69 Å². The normalized spacial score (nSPS) is 9.85. The van der Waals surface area contributed by atoms with E-state index in [0.29, 0.717) is 0 Å². The summed E-state index contributed by atoms with van der Waals surface area (Å²) in [5, 5.41) is 3.92. The van der Waals surface area contributed by atoms with E-state index in [1.807, 2.05) is 30.3 Å². The van der Waals surface area contributed by atoms with Crippen LogP contribution in [-0.2, 0) is 0 Å². The Hall–Kier alpha value is -1.90. The minimum Gasteiger partial charge on any atom is -0.267 e. The number of benzene rings is 1. The van der Waals surface area contributed by atoms with Crippen LogP contribution in [0.2, 0.25) is 0 Å². The SMILES string of the molecule is O=c1[c]ccnn1-c1ccccc1. The van der Waals surface area contributed by atoms with Crippen molar-refractivity contribution in [1.82, 2.24) is 9.78 Å². The van der Waals surface area contributed by atoms with Crippen molar-refractivity contribution in [2.24, 2.45) is 0 Å². The second kappa shape index (κ2) is 3.23. The molecule has 0 unspecified atom stereocenters. The fourth-order valence-electron chi connectivity index (χ4n) is 1.08. The molecular formula is C10H7N2O. The van der Waals surface area contributed by atoms with Crippen LogP contribution in [0.1, 0.15) is 0 Å². The summed E-state index contributed by atoms with van der Waals surface area (Å²) in [6.07, 6.45) is 1.54. The lowest BCUT2D eigenvalue weighted by Gasteiger charge is -2.00. The van der Waals surface area contributed by atoms with Crippen LogP contribution in [0.15, 0.2) is 47.4 Å². The molecule has 0 bridgehead atoms. The molecule has 0 spiro atoms. The average molecular weight is 171 g/mol. The largest absolute Gasteiger partial charge is 0.279 e. The minimum atomic E-state index is -0.242. The topological polar surface area (TPSA) is 34.9 Å². The predicted molar refractivity (Wildman–Crippen MR) is 48.7 cm³/mol. The molecule has 63 valence electrons. The molecule has 2 aromatic rings. The molecule has 0 saturated carbocycles. The average Bonchev–Trinajstić information content (AvgIpc) is 2.20. The first kappa shape index (κ1) is 7.73. The molecule has 0 N–H and O–H groups in total. The number of aromatic nitrogens is 2. The van der Waals surface area contributed by atoms with Gasteiger partial charge in [0.1, 0.15) is 0 Å². The molecule has 3 heteroatoms. The van der Waals surface area contributed by atoms with Gasteiger partial charge in [-0.2, -0.15) is 9.78 Å². The highest BCUT2D eigenvalue weighted by atomic mass is 16.1. The van der Waals surface area contributed by atoms with Gasteiger partial charge in [-0.3, -0.25) is 4.79 Å². The van der Waals surface area contributed by atoms with Crippen LogP contribution in [-0.4, -0.2) is 9.78 Å². The van der Waals surface area contributed by atoms with Crippen LogP contribution in [0.4, 0.5) is 0 Å². The van der Waals surface area contributed by atoms with E-state index in [4.69, 9.17) is 0 Å². The lowest BCUT2D eigenvalue weighted by Crippen LogP contribution is -2.19. The Bertz CT molecular complexity index is 448. The van der Waals surface area contributed by atoms with E-state index in [1.54, 1.807) is 0 Å². The van der Waals surface area contributed by atoms with Crippen LogP contribution in [0.3, 0.4) is 0 Å². The predicted octanol–water partition coefficient (Wildman–Crippen LogP) is 1.03. The van der Waals surface area contributed by atoms with E-state index in [1.165, 1.54) is 16.9 Å². The molecule has 1 heterocycles. The van der Waals surface area contributed by atoms with Crippen molar-refractivity contribution < 1.29 is 0 Å². The molecule has 0 aliphatic heterocycles. The summed E-state index contributed by atoms with van der Waals surface area (Å²) in [5.74, 6) is 0. The van der Waals surface area contributed by atoms with Gasteiger partial charge in [0.05, 0.1) is 11.8 Å². The second-order valence-electron chi connectivity index (χ2n) is 2.53. The van der Waals surface area contributed by atoms with Crippen LogP contribution in [0.25, 0.3) is 5.69 Å². The second-order valence-corrected chi connectivity index (χ2v) is 2.53. The molecular weight excluding hydrogens is 164 g/mol. The van der Waals surface area contributed by atoms with Gasteiger partial charge >= 0.3 is 0 Å². The summed E-state index contributed by atoms with van der Waals surface area (Å²) < 4.78 is 1.31. The Balaban J connectivity index is 2.60. The van der Waals surface area contributed by atoms with Gasteiger partial charge in [0.2, 0.25) is 0 Å². The molecule has 2 rings (SSSR count). The zero-order valence-electron chi connectivity index (χ0n) is 6.84. The fraction of sp³-hybridized carbons (Fsp3) is 0. The lowest BCUT2D eigenvalue weighted by atomic mass is 10.3. The number of para-hydroxylation sites is 1. The van der Waals surface area contributed by atoms with Crippen LogP contribution in [0, 0.1) is 6.07 Å². The Morgan fingerprint density at radius 1 is 1.23 bits per heavy atom. The summed E-state index contributed by atoms with van der Waals surface area (Å²) in [5.41, 5.74) is 0.512. The number of hydrogen-bond acceptors (Lipinski definition) is 2. The van der Waals surface area contributed by atoms with Crippen molar-refractivity contribution in [1.29, 1.82) is 0 Å². The summed E-state index contributed by atoms with van der Waals surface area (Å²) in [7, 11) is 0. The molecule has 0 fully saturated rings. The van der Waals surface area contributed by atoms with E-state index < -0.39 is 0 Å². The van der Waals surface area contributed by atoms with Crippen molar-refractivity contribution in [3.05, 3.63) is 59.0 Å². The first-order chi connectivity index (χ1) is 6.38. The number of hydrogen-bond donors (Lipinski definition) is 0. The maximum absolute atomic E-state index is 11.3. The monoisotopic (exact) mass is 171 g/mol. The van der Waals surface area contributed by atoms with E-state index in [9.17, 15) is 4.79 Å². The highest BCUT2D eigenvalue weighted by molar-refractivity contribution is 5.29. The van der Waals surface area contributed by atoms with E-state index in [0.717, 1.165) is 5.69 Å². The molecule has 0 aliphatic rings. The summed E-state index contributed by atoms with van der Waals surface area (Å²) in [4.78, 5) is 11.3. The Kier molecular flexibility index (Phi) is 1.92. The maximum Gasteiger partial charge on any atom is 0.279 e. The summed E-state index contributed by atoms with van der Waals surface area (Å²) in [6.45, 7) is 0. The smallest absolute Gasteiger partial charge is 0.267 e. The third-order valence-corrected chi connectivity index (χ3v) is 1.66. The Labute approximate surface area is 75.3 Å². The molecule has 3 nitrogen and oxygen atoms in total. The Morgan fingerprint density at radius 2 is 2.00 bits per heavy atom. The van der Waals surface area contributed by atoms with Crippen LogP contribution < -0.4 is 5.56 Å². The maximum atomic E-state index is 11.3. The van der Waals surface area contributed by atoms with Crippen LogP contribution >= 0.6 is 0 Å². The fourth-order valence-corrected chi connectivity index (χ4v) is 1.08. The van der Waals surface area contributed by atoms with Gasteiger partial charge in [0.25, 0.3) is 5.56 Å². The van der Waals surface area contributed by atoms with Gasteiger partial charge in [-0.05, 0) is 18.2 Å². The van der Waals surface area contributed by atoms with Gasteiger partial charge in [0.15, 0.2) is 0 Å². The van der Waals surface area contributed by atoms with Crippen molar-refractivity contribution in [2.75, 3.05) is 0 Å². The number of nitrogens with zero attached hydrogens (tertiary/aromatic N) is 2. The molecule has 13 heavy (non-hydrogen) atoms. The third-order valence-electron chi connectivity index (χ3n) is 1.66. The molecule has 0 atom stereocenters. The van der Waals surface area contributed by atoms with E-state index in [2.05, 4.69) is 11.2 Å². The molecule has 0 amide bonds. The summed E-state index contributed by atoms with van der Waals surface area (Å²) in [6, 6.07) is 13.3. The van der Waals surface area contributed by atoms with Crippen molar-refractivity contribution in [2.45, 2.75) is 0 Å². The molecule has 1 aromatic heterocycles. The van der Waals surface area contributed by atoms with Gasteiger partial charge in [-0.25, -0.2) is 0 Å². The van der Waals surface area contributed by atoms with Gasteiger partial charge in [-0.15, -0.1) is 0 Å².